The van der Waals surface area contributed by atoms with E-state index < -0.39 is 11.9 Å². The summed E-state index contributed by atoms with van der Waals surface area (Å²) in [4.78, 5) is 36.8. The van der Waals surface area contributed by atoms with Gasteiger partial charge in [-0.3, -0.25) is 14.5 Å². The average Bonchev–Trinajstić information content (AvgIpc) is 3.08. The Hall–Kier alpha value is -3.71. The first-order chi connectivity index (χ1) is 15.1. The zero-order valence-electron chi connectivity index (χ0n) is 16.4. The quantitative estimate of drug-likeness (QED) is 0.474. The summed E-state index contributed by atoms with van der Waals surface area (Å²) in [5, 5.41) is 0.711. The molecule has 5 rings (SSSR count). The summed E-state index contributed by atoms with van der Waals surface area (Å²) in [6, 6.07) is 12.9. The number of hydrogen-bond donors (Lipinski definition) is 0. The second kappa shape index (κ2) is 7.52. The molecule has 0 bridgehead atoms. The second-order valence-electron chi connectivity index (χ2n) is 6.95. The van der Waals surface area contributed by atoms with Crippen molar-refractivity contribution in [1.82, 2.24) is 9.97 Å². The molecule has 1 amide bonds. The number of amides is 1. The highest BCUT2D eigenvalue weighted by Gasteiger charge is 2.45. The number of halogens is 1. The van der Waals surface area contributed by atoms with Gasteiger partial charge in [0.05, 0.1) is 23.6 Å². The average molecular weight is 434 g/mol. The van der Waals surface area contributed by atoms with Gasteiger partial charge in [0.25, 0.3) is 5.91 Å². The van der Waals surface area contributed by atoms with Crippen molar-refractivity contribution in [2.24, 2.45) is 0 Å². The van der Waals surface area contributed by atoms with Crippen LogP contribution >= 0.6 is 11.6 Å². The Morgan fingerprint density at radius 3 is 2.68 bits per heavy atom. The van der Waals surface area contributed by atoms with Crippen molar-refractivity contribution in [2.45, 2.75) is 13.0 Å². The van der Waals surface area contributed by atoms with E-state index in [0.717, 1.165) is 0 Å². The molecule has 0 fully saturated rings. The van der Waals surface area contributed by atoms with Gasteiger partial charge in [0.15, 0.2) is 5.43 Å². The molecule has 8 heteroatoms. The van der Waals surface area contributed by atoms with E-state index in [1.807, 2.05) is 25.1 Å². The van der Waals surface area contributed by atoms with Gasteiger partial charge in [0.1, 0.15) is 11.3 Å². The summed E-state index contributed by atoms with van der Waals surface area (Å²) in [6.45, 7) is 2.37. The minimum atomic E-state index is -0.773. The number of hydrogen-bond acceptors (Lipinski definition) is 6. The molecule has 1 aliphatic rings. The molecule has 0 aliphatic carbocycles. The summed E-state index contributed by atoms with van der Waals surface area (Å²) in [6.07, 6.45) is 3.08. The standard InChI is InChI=1S/C23H16ClN3O4/c1-2-30-15-6-3-5-13(11-15)19-18-20(28)16-12-14(24)7-8-17(16)31-21(18)22(29)27(19)23-25-9-4-10-26-23/h3-12,19H,2H2,1H3. The summed E-state index contributed by atoms with van der Waals surface area (Å²) < 4.78 is 11.5. The van der Waals surface area contributed by atoms with Gasteiger partial charge in [0, 0.05) is 17.4 Å². The first-order valence-electron chi connectivity index (χ1n) is 9.68. The van der Waals surface area contributed by atoms with Crippen LogP contribution in [-0.4, -0.2) is 22.5 Å². The third-order valence-corrected chi connectivity index (χ3v) is 5.32. The number of aromatic nitrogens is 2. The number of fused-ring (bicyclic) bond motifs is 2. The van der Waals surface area contributed by atoms with Crippen LogP contribution in [0, 0.1) is 0 Å². The van der Waals surface area contributed by atoms with E-state index in [9.17, 15) is 9.59 Å². The smallest absolute Gasteiger partial charge is 0.297 e. The van der Waals surface area contributed by atoms with E-state index in [1.54, 1.807) is 30.3 Å². The minimum absolute atomic E-state index is 0.0286. The number of benzene rings is 2. The van der Waals surface area contributed by atoms with Crippen LogP contribution < -0.4 is 15.1 Å². The predicted molar refractivity (Wildman–Crippen MR) is 116 cm³/mol. The molecule has 0 saturated heterocycles. The summed E-state index contributed by atoms with van der Waals surface area (Å²) in [5.74, 6) is 0.288. The van der Waals surface area contributed by atoms with Crippen LogP contribution in [0.15, 0.2) is 70.1 Å². The van der Waals surface area contributed by atoms with Crippen LogP contribution in [0.3, 0.4) is 0 Å². The molecule has 4 aromatic rings. The van der Waals surface area contributed by atoms with Crippen molar-refractivity contribution in [3.63, 3.8) is 0 Å². The third-order valence-electron chi connectivity index (χ3n) is 5.08. The SMILES string of the molecule is CCOc1cccc(C2c3c(oc4ccc(Cl)cc4c3=O)C(=O)N2c2ncccn2)c1. The van der Waals surface area contributed by atoms with Crippen molar-refractivity contribution in [2.75, 3.05) is 11.5 Å². The summed E-state index contributed by atoms with van der Waals surface area (Å²) >= 11 is 6.11. The molecule has 3 heterocycles. The fourth-order valence-electron chi connectivity index (χ4n) is 3.82. The number of ether oxygens (including phenoxy) is 1. The molecule has 31 heavy (non-hydrogen) atoms. The van der Waals surface area contributed by atoms with Crippen molar-refractivity contribution in [3.05, 3.63) is 93.1 Å². The highest BCUT2D eigenvalue weighted by atomic mass is 35.5. The monoisotopic (exact) mass is 433 g/mol. The van der Waals surface area contributed by atoms with Gasteiger partial charge in [-0.05, 0) is 48.9 Å². The zero-order valence-corrected chi connectivity index (χ0v) is 17.2. The van der Waals surface area contributed by atoms with E-state index in [-0.39, 0.29) is 22.7 Å². The molecule has 2 aromatic heterocycles. The lowest BCUT2D eigenvalue weighted by atomic mass is 9.98. The Labute approximate surface area is 181 Å². The predicted octanol–water partition coefficient (Wildman–Crippen LogP) is 4.38. The Bertz CT molecular complexity index is 1370. The molecule has 1 unspecified atom stereocenters. The zero-order chi connectivity index (χ0) is 21.5. The van der Waals surface area contributed by atoms with Crippen LogP contribution in [0.1, 0.15) is 34.6 Å². The maximum atomic E-state index is 13.5. The lowest BCUT2D eigenvalue weighted by molar-refractivity contribution is 0.0969. The topological polar surface area (TPSA) is 85.5 Å². The van der Waals surface area contributed by atoms with Crippen molar-refractivity contribution >= 4 is 34.4 Å². The van der Waals surface area contributed by atoms with Crippen LogP contribution in [0.25, 0.3) is 11.0 Å². The fraction of sp³-hybridized carbons (Fsp3) is 0.130. The molecule has 154 valence electrons. The van der Waals surface area contributed by atoms with Crippen LogP contribution in [0.4, 0.5) is 5.95 Å². The van der Waals surface area contributed by atoms with Crippen LogP contribution in [0.5, 0.6) is 5.75 Å². The van der Waals surface area contributed by atoms with Crippen molar-refractivity contribution < 1.29 is 13.9 Å². The van der Waals surface area contributed by atoms with E-state index in [4.69, 9.17) is 20.8 Å². The number of nitrogens with zero attached hydrogens (tertiary/aromatic N) is 3. The fourth-order valence-corrected chi connectivity index (χ4v) is 4.00. The minimum Gasteiger partial charge on any atom is -0.494 e. The van der Waals surface area contributed by atoms with Gasteiger partial charge in [-0.1, -0.05) is 23.7 Å². The number of carbonyl (C=O) groups is 1. The molecular formula is C23H16ClN3O4. The Morgan fingerprint density at radius 1 is 1.10 bits per heavy atom. The number of anilines is 1. The maximum Gasteiger partial charge on any atom is 0.297 e. The van der Waals surface area contributed by atoms with Gasteiger partial charge in [-0.25, -0.2) is 9.97 Å². The lowest BCUT2D eigenvalue weighted by Crippen LogP contribution is -2.31. The van der Waals surface area contributed by atoms with Gasteiger partial charge in [-0.15, -0.1) is 0 Å². The van der Waals surface area contributed by atoms with E-state index >= 15 is 0 Å². The molecule has 0 N–H and O–H groups in total. The van der Waals surface area contributed by atoms with E-state index in [2.05, 4.69) is 9.97 Å². The number of carbonyl (C=O) groups excluding carboxylic acids is 1. The molecule has 0 spiro atoms. The highest BCUT2D eigenvalue weighted by Crippen LogP contribution is 2.40. The van der Waals surface area contributed by atoms with Gasteiger partial charge >= 0.3 is 0 Å². The molecule has 0 saturated carbocycles. The van der Waals surface area contributed by atoms with Crippen molar-refractivity contribution in [1.29, 1.82) is 0 Å². The molecule has 1 atom stereocenters. The normalized spacial score (nSPS) is 15.4. The van der Waals surface area contributed by atoms with Crippen LogP contribution in [0.2, 0.25) is 5.02 Å². The Balaban J connectivity index is 1.80. The van der Waals surface area contributed by atoms with Crippen molar-refractivity contribution in [3.8, 4) is 5.75 Å². The number of rotatable bonds is 4. The molecular weight excluding hydrogens is 418 g/mol. The largest absolute Gasteiger partial charge is 0.494 e. The second-order valence-corrected chi connectivity index (χ2v) is 7.38. The molecule has 0 radical (unpaired) electrons. The van der Waals surface area contributed by atoms with E-state index in [0.29, 0.717) is 33.9 Å². The van der Waals surface area contributed by atoms with Gasteiger partial charge in [-0.2, -0.15) is 0 Å². The Kier molecular flexibility index (Phi) is 4.67. The summed E-state index contributed by atoms with van der Waals surface area (Å²) in [7, 11) is 0. The Morgan fingerprint density at radius 2 is 1.90 bits per heavy atom. The molecule has 1 aliphatic heterocycles. The first kappa shape index (κ1) is 19.3. The first-order valence-corrected chi connectivity index (χ1v) is 10.1. The lowest BCUT2D eigenvalue weighted by Gasteiger charge is -2.23. The van der Waals surface area contributed by atoms with Gasteiger partial charge < -0.3 is 9.15 Å². The summed E-state index contributed by atoms with van der Waals surface area (Å²) in [5.41, 5.74) is 0.872. The van der Waals surface area contributed by atoms with Crippen LogP contribution in [-0.2, 0) is 0 Å². The van der Waals surface area contributed by atoms with E-state index in [1.165, 1.54) is 17.3 Å². The maximum absolute atomic E-state index is 13.5. The highest BCUT2D eigenvalue weighted by molar-refractivity contribution is 6.31. The third kappa shape index (κ3) is 3.14. The molecule has 7 nitrogen and oxygen atoms in total. The molecule has 2 aromatic carbocycles. The van der Waals surface area contributed by atoms with Gasteiger partial charge in [0.2, 0.25) is 11.7 Å².